The number of aromatic hydroxyl groups is 1. The monoisotopic (exact) mass is 1050 g/mol. The largest absolute Gasteiger partial charge is 0.507 e. The molecule has 0 bridgehead atoms. The molecule has 0 spiro atoms. The van der Waals surface area contributed by atoms with Crippen LogP contribution in [0.15, 0.2) is 72.3 Å². The second-order valence-electron chi connectivity index (χ2n) is 20.1. The Morgan fingerprint density at radius 3 is 2.21 bits per heavy atom. The fourth-order valence-electron chi connectivity index (χ4n) is 9.14. The second kappa shape index (κ2) is 26.5. The Morgan fingerprint density at radius 1 is 0.880 bits per heavy atom. The quantitative estimate of drug-likeness (QED) is 0.0562. The molecular weight excluding hydrogens is 983 g/mol. The maximum absolute atomic E-state index is 14.0. The van der Waals surface area contributed by atoms with Gasteiger partial charge in [0.2, 0.25) is 17.7 Å². The number of amides is 5. The molecule has 3 heterocycles. The molecular formula is C55H71N7O12S. The van der Waals surface area contributed by atoms with Crippen LogP contribution < -0.4 is 16.0 Å². The van der Waals surface area contributed by atoms with Gasteiger partial charge in [-0.3, -0.25) is 24.0 Å². The summed E-state index contributed by atoms with van der Waals surface area (Å²) in [5.74, 6) is -1.18. The van der Waals surface area contributed by atoms with Crippen molar-refractivity contribution in [3.8, 4) is 16.2 Å². The van der Waals surface area contributed by atoms with Crippen LogP contribution in [0.3, 0.4) is 0 Å². The fourth-order valence-corrected chi connectivity index (χ4v) is 9.95. The number of carbonyl (C=O) groups is 5. The maximum Gasteiger partial charge on any atom is 0.257 e. The molecule has 1 aliphatic carbocycles. The molecule has 4 aromatic rings. The summed E-state index contributed by atoms with van der Waals surface area (Å²) in [6, 6.07) is 16.6. The van der Waals surface area contributed by atoms with Gasteiger partial charge in [0.15, 0.2) is 5.76 Å². The van der Waals surface area contributed by atoms with Gasteiger partial charge in [-0.2, -0.15) is 0 Å². The maximum atomic E-state index is 14.0. The predicted octanol–water partition coefficient (Wildman–Crippen LogP) is 4.80. The normalized spacial score (nSPS) is 17.8. The van der Waals surface area contributed by atoms with Crippen LogP contribution in [-0.2, 0) is 51.1 Å². The summed E-state index contributed by atoms with van der Waals surface area (Å²) in [5.41, 5.74) is 7.65. The Kier molecular flexibility index (Phi) is 19.9. The minimum Gasteiger partial charge on any atom is -0.507 e. The van der Waals surface area contributed by atoms with Crippen LogP contribution in [0, 0.1) is 12.3 Å². The highest BCUT2D eigenvalue weighted by Gasteiger charge is 2.44. The molecule has 20 heteroatoms. The molecule has 5 amide bonds. The van der Waals surface area contributed by atoms with Crippen LogP contribution in [0.5, 0.6) is 5.75 Å². The van der Waals surface area contributed by atoms with Gasteiger partial charge in [0.1, 0.15) is 17.8 Å². The van der Waals surface area contributed by atoms with E-state index in [0.717, 1.165) is 45.7 Å². The van der Waals surface area contributed by atoms with E-state index in [9.17, 15) is 34.2 Å². The zero-order valence-corrected chi connectivity index (χ0v) is 44.5. The number of nitrogens with one attached hydrogen (secondary N) is 3. The molecule has 5 N–H and O–H groups in total. The van der Waals surface area contributed by atoms with E-state index >= 15 is 0 Å². The number of aromatic nitrogens is 1. The van der Waals surface area contributed by atoms with Crippen molar-refractivity contribution < 1.29 is 58.0 Å². The van der Waals surface area contributed by atoms with Crippen LogP contribution in [-0.4, -0.2) is 164 Å². The van der Waals surface area contributed by atoms with Crippen molar-refractivity contribution in [1.29, 1.82) is 0 Å². The number of fused-ring (bicyclic) bond motifs is 1. The highest BCUT2D eigenvalue weighted by Crippen LogP contribution is 2.40. The van der Waals surface area contributed by atoms with Crippen molar-refractivity contribution in [2.24, 2.45) is 5.41 Å². The zero-order chi connectivity index (χ0) is 53.6. The molecule has 2 aliphatic heterocycles. The lowest BCUT2D eigenvalue weighted by atomic mass is 9.85. The number of hydrogen-bond acceptors (Lipinski definition) is 15. The molecule has 4 atom stereocenters. The minimum absolute atomic E-state index is 0.0124. The third kappa shape index (κ3) is 15.2. The molecule has 404 valence electrons. The number of likely N-dealkylation sites (tertiary alicyclic amines) is 1. The van der Waals surface area contributed by atoms with Crippen molar-refractivity contribution in [2.75, 3.05) is 86.6 Å². The number of aliphatic hydroxyl groups excluding tert-OH is 1. The van der Waals surface area contributed by atoms with Crippen LogP contribution in [0.25, 0.3) is 16.2 Å². The van der Waals surface area contributed by atoms with Crippen LogP contribution in [0.1, 0.15) is 94.7 Å². The van der Waals surface area contributed by atoms with Crippen molar-refractivity contribution in [3.63, 3.8) is 0 Å². The molecule has 75 heavy (non-hydrogen) atoms. The average molecular weight is 1050 g/mol. The van der Waals surface area contributed by atoms with Crippen molar-refractivity contribution in [3.05, 3.63) is 111 Å². The molecule has 1 fully saturated rings. The Balaban J connectivity index is 0.713. The van der Waals surface area contributed by atoms with Gasteiger partial charge in [-0.05, 0) is 77.8 Å². The summed E-state index contributed by atoms with van der Waals surface area (Å²) in [5, 5.41) is 31.7. The number of phenolic OH excluding ortho intramolecular Hbond substituents is 1. The number of thiazole rings is 1. The van der Waals surface area contributed by atoms with Gasteiger partial charge in [-0.25, -0.2) is 4.98 Å². The summed E-state index contributed by atoms with van der Waals surface area (Å²) in [4.78, 5) is 80.3. The van der Waals surface area contributed by atoms with Crippen LogP contribution in [0.4, 0.5) is 0 Å². The zero-order valence-electron chi connectivity index (χ0n) is 43.7. The second-order valence-corrected chi connectivity index (χ2v) is 20.9. The number of ether oxygens (including phenoxy) is 4. The summed E-state index contributed by atoms with van der Waals surface area (Å²) < 4.78 is 22.4. The number of hydroxylamine groups is 2. The van der Waals surface area contributed by atoms with Gasteiger partial charge >= 0.3 is 0 Å². The first kappa shape index (κ1) is 56.5. The van der Waals surface area contributed by atoms with Gasteiger partial charge in [-0.15, -0.1) is 16.4 Å². The van der Waals surface area contributed by atoms with E-state index in [1.165, 1.54) is 15.9 Å². The first-order valence-electron chi connectivity index (χ1n) is 25.4. The van der Waals surface area contributed by atoms with E-state index < -0.39 is 29.5 Å². The van der Waals surface area contributed by atoms with Gasteiger partial charge < -0.3 is 59.7 Å². The van der Waals surface area contributed by atoms with E-state index in [2.05, 4.69) is 20.9 Å². The van der Waals surface area contributed by atoms with Crippen molar-refractivity contribution in [2.45, 2.75) is 84.2 Å². The van der Waals surface area contributed by atoms with Crippen LogP contribution >= 0.6 is 11.3 Å². The van der Waals surface area contributed by atoms with Gasteiger partial charge in [0.25, 0.3) is 11.8 Å². The minimum atomic E-state index is -0.941. The molecule has 0 unspecified atom stereocenters. The number of carbonyl (C=O) groups excluding carboxylic acids is 5. The Labute approximate surface area is 442 Å². The van der Waals surface area contributed by atoms with E-state index in [0.29, 0.717) is 69.6 Å². The summed E-state index contributed by atoms with van der Waals surface area (Å²) in [6.07, 6.45) is 2.87. The summed E-state index contributed by atoms with van der Waals surface area (Å²) in [7, 11) is 3.26. The van der Waals surface area contributed by atoms with Crippen molar-refractivity contribution >= 4 is 46.6 Å². The predicted molar refractivity (Wildman–Crippen MR) is 281 cm³/mol. The van der Waals surface area contributed by atoms with Gasteiger partial charge in [0, 0.05) is 57.7 Å². The number of nitrogens with zero attached hydrogens (tertiary/aromatic N) is 4. The van der Waals surface area contributed by atoms with Crippen molar-refractivity contribution in [1.82, 2.24) is 35.8 Å². The standard InChI is InChI=1S/C55H71N7O12S/c1-35-49(75-34-58-35)38-9-7-36(8-10-38)32-57-52(67)45-31-41(63)33-61(45)54(69)50(55(2,3)4)59-48(65)18-21-70-23-25-72-27-28-73-26-24-71-22-19-56-51(66)40-12-11-37-14-16-44(43(37)29-40)62-20-17-47(74-62)39-13-15-42(46(64)30-39)53(68)60(5)6/h7-13,15,17,29-30,34,41,44-45,50,63-64H,14,16,18-28,31-33H2,1-6H3,(H,56,66)(H,57,67)(H,59,65)/t41-,44-,45+,50-/m1/s1. The molecule has 3 aliphatic rings. The number of phenols is 1. The molecule has 19 nitrogen and oxygen atoms in total. The third-order valence-corrected chi connectivity index (χ3v) is 14.2. The number of aryl methyl sites for hydroxylation is 2. The van der Waals surface area contributed by atoms with E-state index in [4.69, 9.17) is 23.8 Å². The number of benzene rings is 3. The molecule has 7 rings (SSSR count). The summed E-state index contributed by atoms with van der Waals surface area (Å²) in [6.45, 7) is 10.9. The SMILES string of the molecule is Cc1ncsc1-c1ccc(CNC(=O)[C@@H]2C[C@@H](O)CN2C(=O)[C@@H](NC(=O)CCOCCOCCOCCOCCNC(=O)c2ccc3c(c2)[C@H](N2CC=C(c4ccc(C(=O)N(C)C)c(O)c4)O2)CC3)C(C)(C)C)cc1. The number of hydrogen-bond donors (Lipinski definition) is 5. The number of aliphatic hydroxyl groups is 1. The van der Waals surface area contributed by atoms with E-state index in [1.807, 2.05) is 86.8 Å². The van der Waals surface area contributed by atoms with E-state index in [-0.39, 0.29) is 80.1 Å². The summed E-state index contributed by atoms with van der Waals surface area (Å²) >= 11 is 1.57. The molecule has 0 radical (unpaired) electrons. The van der Waals surface area contributed by atoms with Crippen LogP contribution in [0.2, 0.25) is 0 Å². The lowest BCUT2D eigenvalue weighted by Gasteiger charge is -2.35. The number of rotatable bonds is 25. The smallest absolute Gasteiger partial charge is 0.257 e. The first-order valence-corrected chi connectivity index (χ1v) is 26.3. The van der Waals surface area contributed by atoms with Gasteiger partial charge in [0.05, 0.1) is 93.2 Å². The lowest BCUT2D eigenvalue weighted by Crippen LogP contribution is -2.57. The topological polar surface area (TPSA) is 231 Å². The molecule has 1 saturated heterocycles. The highest BCUT2D eigenvalue weighted by atomic mass is 32.1. The third-order valence-electron chi connectivity index (χ3n) is 13.2. The number of β-amino-alcohol motifs (C(OH)–C–C–N with tert-alkyl or cyclic N) is 1. The highest BCUT2D eigenvalue weighted by molar-refractivity contribution is 7.13. The molecule has 3 aromatic carbocycles. The first-order chi connectivity index (χ1) is 36.0. The Hall–Kier alpha value is -6.26. The average Bonchev–Trinajstić information content (AvgIpc) is 4.22. The molecule has 0 saturated carbocycles. The molecule has 1 aromatic heterocycles. The lowest BCUT2D eigenvalue weighted by molar-refractivity contribution is -0.144. The Morgan fingerprint density at radius 2 is 1.56 bits per heavy atom. The van der Waals surface area contributed by atoms with E-state index in [1.54, 1.807) is 37.6 Å². The Bertz CT molecular complexity index is 2650. The van der Waals surface area contributed by atoms with Gasteiger partial charge in [-0.1, -0.05) is 57.2 Å². The fraction of sp³-hybridized carbons (Fsp3) is 0.491.